The Balaban J connectivity index is -0.000000194. The topological polar surface area (TPSA) is 773 Å². The van der Waals surface area contributed by atoms with Crippen LogP contribution in [0.15, 0.2) is 0 Å². The van der Waals surface area contributed by atoms with Gasteiger partial charge in [0, 0.05) is 0 Å². The van der Waals surface area contributed by atoms with Crippen LogP contribution in [0.4, 0.5) is 0 Å². The molecule has 0 saturated carbocycles. The van der Waals surface area contributed by atoms with E-state index >= 15 is 0 Å². The van der Waals surface area contributed by atoms with E-state index in [9.17, 15) is 108 Å². The molecule has 0 radical (unpaired) electrons. The molecule has 0 bridgehead atoms. The van der Waals surface area contributed by atoms with Gasteiger partial charge in [-0.05, 0) is 0 Å². The van der Waals surface area contributed by atoms with Gasteiger partial charge in [-0.15, -0.1) is 0 Å². The maximum absolute atomic E-state index is 10.8. The van der Waals surface area contributed by atoms with Gasteiger partial charge in [0.25, 0.3) is 0 Å². The van der Waals surface area contributed by atoms with Crippen molar-refractivity contribution in [2.75, 3.05) is 99.5 Å². The molecule has 0 unspecified atom stereocenters. The Morgan fingerprint density at radius 2 is 0.219 bits per heavy atom. The highest BCUT2D eigenvalue weighted by Crippen LogP contribution is 2.12. The molecule has 48 nitrogen and oxygen atoms in total. The van der Waals surface area contributed by atoms with Gasteiger partial charge in [-0.3, -0.25) is 0 Å². The first-order valence-electron chi connectivity index (χ1n) is 25.0. The minimum atomic E-state index is -2.07. The van der Waals surface area contributed by atoms with E-state index in [1.165, 1.54) is 0 Å². The molecular weight excluding hydrogens is 1340 g/mol. The summed E-state index contributed by atoms with van der Waals surface area (Å²) in [6.45, 7) is 0. The summed E-state index contributed by atoms with van der Waals surface area (Å²) in [5.41, 5.74) is 0. The number of esters is 14. The molecule has 0 fully saturated rings. The van der Waals surface area contributed by atoms with E-state index in [2.05, 4.69) is 66.3 Å². The van der Waals surface area contributed by atoms with Gasteiger partial charge < -0.3 is 168 Å². The minimum absolute atomic E-state index is 0.960. The van der Waals surface area contributed by atoms with Crippen molar-refractivity contribution in [3.05, 3.63) is 0 Å². The minimum Gasteiger partial charge on any atom is -0.467 e. The maximum atomic E-state index is 10.8. The summed E-state index contributed by atoms with van der Waals surface area (Å²) < 4.78 is 57.0. The maximum Gasteiger partial charge on any atom is 0.417 e. The van der Waals surface area contributed by atoms with Gasteiger partial charge in [-0.25, -0.2) is 67.1 Å². The second kappa shape index (κ2) is 55.0. The van der Waals surface area contributed by atoms with E-state index in [1.807, 2.05) is 0 Å². The van der Waals surface area contributed by atoms with Crippen molar-refractivity contribution in [1.82, 2.24) is 0 Å². The van der Waals surface area contributed by atoms with Crippen LogP contribution in [0.5, 0.6) is 0 Å². The summed E-state index contributed by atoms with van der Waals surface area (Å²) >= 11 is 0. The van der Waals surface area contributed by atoms with Crippen molar-refractivity contribution in [3.63, 3.8) is 0 Å². The Kier molecular flexibility index (Phi) is 58.0. The van der Waals surface area contributed by atoms with Gasteiger partial charge in [0.15, 0.2) is 73.2 Å². The summed E-state index contributed by atoms with van der Waals surface area (Å²) in [6, 6.07) is 0. The second-order valence-electron chi connectivity index (χ2n) is 16.5. The fourth-order valence-electron chi connectivity index (χ4n) is 4.74. The van der Waals surface area contributed by atoms with E-state index in [4.69, 9.17) is 61.3 Å². The molecule has 96 heavy (non-hydrogen) atoms. The Hall–Kier alpha value is -8.22. The van der Waals surface area contributed by atoms with Gasteiger partial charge in [0.2, 0.25) is 0 Å². The smallest absolute Gasteiger partial charge is 0.417 e. The summed E-state index contributed by atoms with van der Waals surface area (Å²) in [5, 5.41) is 182. The number of carbonyl (C=O) groups excluding carboxylic acids is 14. The highest BCUT2D eigenvalue weighted by atomic mass is 16.6. The fourth-order valence-corrected chi connectivity index (χ4v) is 4.74. The number of methoxy groups -OCH3 is 14. The lowest BCUT2D eigenvalue weighted by atomic mass is 10.0. The van der Waals surface area contributed by atoms with Crippen LogP contribution in [0.3, 0.4) is 0 Å². The quantitative estimate of drug-likeness (QED) is 0.0217. The Bertz CT molecular complexity index is 1940. The molecule has 48 heteroatoms. The third-order valence-corrected chi connectivity index (χ3v) is 10.4. The van der Waals surface area contributed by atoms with E-state index in [-0.39, 0.29) is 0 Å². The first-order valence-corrected chi connectivity index (χ1v) is 25.0. The van der Waals surface area contributed by atoms with E-state index in [0.29, 0.717) is 0 Å². The molecule has 0 spiro atoms. The monoisotopic (exact) mass is 1430 g/mol. The standard InChI is InChI=1S/4C8H14O8.2C6H10O6.C4H6O4/c4*1-15-7(13)5(11)3(9)4(10)6(12)8(14)16-2;2*1-11-5(9)3(7)4(8)6(10)12-2;1-7-3(5)4(6)8-2/h4*3-6,9-12H,1-2H3;2*3-4,7-8H,1-2H3;1-2H3/t2*3-,4+,5+,6-;2*3-,4-,5-,6+;2*3-,4-;/m..1010./s1. The zero-order valence-electron chi connectivity index (χ0n) is 52.9. The number of hydrogen-bond acceptors (Lipinski definition) is 48. The van der Waals surface area contributed by atoms with Crippen LogP contribution in [0.1, 0.15) is 0 Å². The van der Waals surface area contributed by atoms with Crippen LogP contribution in [-0.2, 0) is 133 Å². The molecule has 562 valence electrons. The lowest BCUT2D eigenvalue weighted by molar-refractivity contribution is -0.176. The first kappa shape index (κ1) is 101. The molecule has 0 aromatic rings. The number of hydrogen-bond donors (Lipinski definition) is 20. The predicted octanol–water partition coefficient (Wildman–Crippen LogP) is -17.5. The zero-order chi connectivity index (χ0) is 77.5. The Morgan fingerprint density at radius 3 is 0.281 bits per heavy atom. The molecular formula is C48H82O48. The number of aliphatic hydroxyl groups excluding tert-OH is 20. The third kappa shape index (κ3) is 37.8. The van der Waals surface area contributed by atoms with E-state index in [0.717, 1.165) is 99.5 Å². The number of ether oxygens (including phenoxy) is 14. The van der Waals surface area contributed by atoms with Gasteiger partial charge in [-0.2, -0.15) is 0 Å². The van der Waals surface area contributed by atoms with Crippen molar-refractivity contribution in [3.8, 4) is 0 Å². The normalized spacial score (nSPS) is 16.4. The van der Waals surface area contributed by atoms with Crippen LogP contribution in [0, 0.1) is 0 Å². The molecule has 0 amide bonds. The molecule has 0 aliphatic heterocycles. The molecule has 0 aromatic heterocycles. The molecule has 20 atom stereocenters. The highest BCUT2D eigenvalue weighted by molar-refractivity contribution is 6.29. The SMILES string of the molecule is COC(=O)C(=O)OC.COC(=O)[C@@H](O)[C@@H](O)[C@H](O)[C@@H](O)C(=O)OC.COC(=O)[C@@H](O)[C@H](O)C(=O)OC.COC(=O)[C@@H](O)[C@H](O)[C@@H](O)[C@@H](O)C(=O)OC.COC(=O)[C@@H](O)[C@H](O)[C@H](O)[C@@H](O)C(=O)OC.COC(=O)[C@@H](O)[C@H](O)[C@H](O)[C@@H](O)C(=O)OC.COC(=O)[C@H](O)[C@@H](O)C(=O)OC. The van der Waals surface area contributed by atoms with Crippen molar-refractivity contribution in [2.45, 2.75) is 122 Å². The average molecular weight is 1430 g/mol. The third-order valence-electron chi connectivity index (χ3n) is 10.4. The van der Waals surface area contributed by atoms with Crippen molar-refractivity contribution in [2.24, 2.45) is 0 Å². The van der Waals surface area contributed by atoms with Crippen LogP contribution in [-0.4, -0.2) is 407 Å². The predicted molar refractivity (Wildman–Crippen MR) is 288 cm³/mol. The lowest BCUT2D eigenvalue weighted by Gasteiger charge is -2.23. The molecule has 0 heterocycles. The number of carbonyl (C=O) groups is 14. The van der Waals surface area contributed by atoms with Crippen molar-refractivity contribution < 1.29 is 236 Å². The largest absolute Gasteiger partial charge is 0.467 e. The fraction of sp³-hybridized carbons (Fsp3) is 0.708. The molecule has 0 aliphatic carbocycles. The Morgan fingerprint density at radius 1 is 0.146 bits per heavy atom. The van der Waals surface area contributed by atoms with Crippen molar-refractivity contribution >= 4 is 83.6 Å². The highest BCUT2D eigenvalue weighted by Gasteiger charge is 2.42. The molecule has 20 N–H and O–H groups in total. The molecule has 0 aliphatic rings. The van der Waals surface area contributed by atoms with Crippen LogP contribution >= 0.6 is 0 Å². The van der Waals surface area contributed by atoms with Crippen LogP contribution < -0.4 is 0 Å². The summed E-state index contributed by atoms with van der Waals surface area (Å²) in [4.78, 5) is 148. The molecule has 0 rings (SSSR count). The second-order valence-corrected chi connectivity index (χ2v) is 16.5. The number of rotatable bonds is 26. The van der Waals surface area contributed by atoms with Crippen molar-refractivity contribution in [1.29, 1.82) is 0 Å². The van der Waals surface area contributed by atoms with Gasteiger partial charge >= 0.3 is 83.6 Å². The summed E-state index contributed by atoms with van der Waals surface area (Å²) in [7, 11) is 14.0. The lowest BCUT2D eigenvalue weighted by Crippen LogP contribution is -2.50. The van der Waals surface area contributed by atoms with E-state index in [1.54, 1.807) is 0 Å². The van der Waals surface area contributed by atoms with Crippen LogP contribution in [0.2, 0.25) is 0 Å². The molecule has 0 aromatic carbocycles. The Labute approximate surface area is 540 Å². The van der Waals surface area contributed by atoms with Gasteiger partial charge in [-0.1, -0.05) is 0 Å². The summed E-state index contributed by atoms with van der Waals surface area (Å²) in [6.07, 6.45) is -40.7. The number of aliphatic hydroxyl groups is 20. The van der Waals surface area contributed by atoms with Gasteiger partial charge in [0.1, 0.15) is 48.8 Å². The molecule has 0 saturated heterocycles. The zero-order valence-corrected chi connectivity index (χ0v) is 52.9. The van der Waals surface area contributed by atoms with Gasteiger partial charge in [0.05, 0.1) is 99.5 Å². The van der Waals surface area contributed by atoms with E-state index < -0.39 is 206 Å². The first-order chi connectivity index (χ1) is 44.2. The average Bonchev–Trinajstić information content (AvgIpc) is 0.937. The van der Waals surface area contributed by atoms with Crippen LogP contribution in [0.25, 0.3) is 0 Å². The summed E-state index contributed by atoms with van der Waals surface area (Å²) in [5.74, 6) is -16.0.